The Labute approximate surface area is 139 Å². The van der Waals surface area contributed by atoms with E-state index in [4.69, 9.17) is 4.74 Å². The molecule has 0 aliphatic carbocycles. The van der Waals surface area contributed by atoms with E-state index in [1.54, 1.807) is 0 Å². The van der Waals surface area contributed by atoms with Crippen LogP contribution in [0.3, 0.4) is 0 Å². The largest absolute Gasteiger partial charge is 0.460 e. The van der Waals surface area contributed by atoms with Crippen molar-refractivity contribution in [3.63, 3.8) is 0 Å². The molecule has 0 N–H and O–H groups in total. The first-order valence-electron chi connectivity index (χ1n) is 7.82. The van der Waals surface area contributed by atoms with Gasteiger partial charge in [-0.2, -0.15) is 4.31 Å². The predicted molar refractivity (Wildman–Crippen MR) is 83.7 cm³/mol. The Morgan fingerprint density at radius 1 is 1.38 bits per heavy atom. The number of hydrogen-bond donors (Lipinski definition) is 0. The van der Waals surface area contributed by atoms with Gasteiger partial charge in [-0.1, -0.05) is 25.5 Å². The van der Waals surface area contributed by atoms with Crippen LogP contribution in [0.1, 0.15) is 26.2 Å². The van der Waals surface area contributed by atoms with Crippen LogP contribution in [0.4, 0.5) is 5.69 Å². The van der Waals surface area contributed by atoms with Crippen LogP contribution >= 0.6 is 0 Å². The molecule has 8 nitrogen and oxygen atoms in total. The number of hydrogen-bond acceptors (Lipinski definition) is 6. The van der Waals surface area contributed by atoms with E-state index in [0.717, 1.165) is 18.9 Å². The summed E-state index contributed by atoms with van der Waals surface area (Å²) in [6.45, 7) is 2.19. The highest BCUT2D eigenvalue weighted by Crippen LogP contribution is 2.39. The van der Waals surface area contributed by atoms with Gasteiger partial charge in [-0.25, -0.2) is 8.42 Å². The van der Waals surface area contributed by atoms with Crippen molar-refractivity contribution in [3.8, 4) is 0 Å². The average molecular weight is 354 g/mol. The molecule has 2 fully saturated rings. The third-order valence-electron chi connectivity index (χ3n) is 4.44. The lowest BCUT2D eigenvalue weighted by Gasteiger charge is -2.10. The van der Waals surface area contributed by atoms with Gasteiger partial charge in [-0.05, 0) is 18.9 Å². The summed E-state index contributed by atoms with van der Waals surface area (Å²) in [5.74, 6) is -0.465. The molecule has 4 atom stereocenters. The second-order valence-electron chi connectivity index (χ2n) is 6.06. The van der Waals surface area contributed by atoms with Gasteiger partial charge in [0, 0.05) is 12.6 Å². The van der Waals surface area contributed by atoms with E-state index >= 15 is 0 Å². The van der Waals surface area contributed by atoms with E-state index in [9.17, 15) is 23.3 Å². The minimum absolute atomic E-state index is 0.184. The number of nitrogens with zero attached hydrogens (tertiary/aromatic N) is 2. The maximum absolute atomic E-state index is 12.7. The van der Waals surface area contributed by atoms with Crippen LogP contribution in [0.25, 0.3) is 0 Å². The normalized spacial score (nSPS) is 29.3. The molecular formula is C15H18N2O6S. The van der Waals surface area contributed by atoms with Crippen LogP contribution in [-0.4, -0.2) is 42.3 Å². The lowest BCUT2D eigenvalue weighted by atomic mass is 9.99. The molecule has 0 bridgehead atoms. The van der Waals surface area contributed by atoms with Crippen molar-refractivity contribution < 1.29 is 22.9 Å². The van der Waals surface area contributed by atoms with E-state index in [2.05, 4.69) is 0 Å². The van der Waals surface area contributed by atoms with Crippen LogP contribution < -0.4 is 0 Å². The number of nitro groups is 1. The highest BCUT2D eigenvalue weighted by Gasteiger charge is 2.54. The zero-order chi connectivity index (χ0) is 17.5. The first-order chi connectivity index (χ1) is 11.4. The van der Waals surface area contributed by atoms with Gasteiger partial charge in [0.25, 0.3) is 5.69 Å². The molecule has 2 aliphatic rings. The van der Waals surface area contributed by atoms with Gasteiger partial charge in [-0.3, -0.25) is 14.9 Å². The molecule has 3 rings (SSSR count). The van der Waals surface area contributed by atoms with Crippen LogP contribution in [-0.2, 0) is 19.6 Å². The van der Waals surface area contributed by atoms with Gasteiger partial charge < -0.3 is 4.74 Å². The Balaban J connectivity index is 1.78. The zero-order valence-corrected chi connectivity index (χ0v) is 13.9. The fourth-order valence-corrected chi connectivity index (χ4v) is 4.91. The molecule has 2 heterocycles. The van der Waals surface area contributed by atoms with Crippen molar-refractivity contribution in [2.75, 3.05) is 6.54 Å². The number of para-hydroxylation sites is 1. The van der Waals surface area contributed by atoms with Crippen molar-refractivity contribution in [3.05, 3.63) is 34.4 Å². The molecule has 1 aromatic carbocycles. The molecule has 0 amide bonds. The minimum Gasteiger partial charge on any atom is -0.460 e. The van der Waals surface area contributed by atoms with Crippen molar-refractivity contribution >= 4 is 21.7 Å². The van der Waals surface area contributed by atoms with Crippen LogP contribution in [0.2, 0.25) is 0 Å². The smallest absolute Gasteiger partial charge is 0.309 e. The highest BCUT2D eigenvalue weighted by molar-refractivity contribution is 7.89. The van der Waals surface area contributed by atoms with Gasteiger partial charge in [0.15, 0.2) is 4.90 Å². The number of sulfonamides is 1. The van der Waals surface area contributed by atoms with Crippen molar-refractivity contribution in [2.24, 2.45) is 5.92 Å². The van der Waals surface area contributed by atoms with Crippen LogP contribution in [0.5, 0.6) is 0 Å². The first kappa shape index (κ1) is 16.8. The fourth-order valence-electron chi connectivity index (χ4n) is 3.16. The van der Waals surface area contributed by atoms with E-state index in [1.165, 1.54) is 22.5 Å². The molecular weight excluding hydrogens is 336 g/mol. The standard InChI is InChI=1S/C15H18N2O6S/c1-2-5-10-8-13(23-15(10)18)12-9-16(12)24(21,22)14-7-4-3-6-11(14)17(19)20/h3-4,6-7,10,12-13H,2,5,8-9H2,1H3/t10-,12?,13+,16+/m1/s1. The minimum atomic E-state index is -3.97. The van der Waals surface area contributed by atoms with Crippen LogP contribution in [0, 0.1) is 16.0 Å². The van der Waals surface area contributed by atoms with E-state index in [-0.39, 0.29) is 23.3 Å². The molecule has 2 saturated heterocycles. The van der Waals surface area contributed by atoms with Crippen LogP contribution in [0.15, 0.2) is 29.2 Å². The average Bonchev–Trinajstić information content (AvgIpc) is 3.28. The fraction of sp³-hybridized carbons (Fsp3) is 0.533. The summed E-state index contributed by atoms with van der Waals surface area (Å²) in [5, 5.41) is 11.1. The number of benzene rings is 1. The molecule has 0 radical (unpaired) electrons. The zero-order valence-electron chi connectivity index (χ0n) is 13.1. The van der Waals surface area contributed by atoms with E-state index in [1.807, 2.05) is 6.92 Å². The number of cyclic esters (lactones) is 1. The van der Waals surface area contributed by atoms with Gasteiger partial charge >= 0.3 is 5.97 Å². The molecule has 0 spiro atoms. The number of carbonyl (C=O) groups excluding carboxylic acids is 1. The number of carbonyl (C=O) groups is 1. The summed E-state index contributed by atoms with van der Waals surface area (Å²) >= 11 is 0. The molecule has 9 heteroatoms. The Morgan fingerprint density at radius 2 is 2.08 bits per heavy atom. The van der Waals surface area contributed by atoms with Gasteiger partial charge in [-0.15, -0.1) is 0 Å². The molecule has 0 saturated carbocycles. The van der Waals surface area contributed by atoms with E-state index < -0.39 is 32.8 Å². The molecule has 1 unspecified atom stereocenters. The monoisotopic (exact) mass is 354 g/mol. The summed E-state index contributed by atoms with van der Waals surface area (Å²) < 4.78 is 31.8. The second-order valence-corrected chi connectivity index (χ2v) is 7.92. The Hall–Kier alpha value is -2.00. The van der Waals surface area contributed by atoms with E-state index in [0.29, 0.717) is 6.42 Å². The third kappa shape index (κ3) is 2.89. The van der Waals surface area contributed by atoms with Crippen molar-refractivity contribution in [2.45, 2.75) is 43.2 Å². The topological polar surface area (TPSA) is 107 Å². The lowest BCUT2D eigenvalue weighted by Crippen LogP contribution is -2.23. The molecule has 0 aromatic heterocycles. The molecule has 24 heavy (non-hydrogen) atoms. The highest BCUT2D eigenvalue weighted by atomic mass is 32.2. The predicted octanol–water partition coefficient (Wildman–Crippen LogP) is 1.70. The summed E-state index contributed by atoms with van der Waals surface area (Å²) in [7, 11) is -3.97. The Bertz CT molecular complexity index is 778. The number of rotatable bonds is 6. The summed E-state index contributed by atoms with van der Waals surface area (Å²) in [5.41, 5.74) is -0.449. The SMILES string of the molecule is CCC[C@@H]1C[C@@H](C2C[N@]2S(=O)(=O)c2ccccc2[N+](=O)[O-])OC1=O. The number of ether oxygens (including phenoxy) is 1. The summed E-state index contributed by atoms with van der Waals surface area (Å²) in [4.78, 5) is 21.8. The van der Waals surface area contributed by atoms with Gasteiger partial charge in [0.05, 0.1) is 16.9 Å². The van der Waals surface area contributed by atoms with Gasteiger partial charge in [0.2, 0.25) is 10.0 Å². The lowest BCUT2D eigenvalue weighted by molar-refractivity contribution is -0.387. The summed E-state index contributed by atoms with van der Waals surface area (Å²) in [6.07, 6.45) is 1.61. The quantitative estimate of drug-likeness (QED) is 0.333. The third-order valence-corrected chi connectivity index (χ3v) is 6.37. The molecule has 1 aromatic rings. The van der Waals surface area contributed by atoms with Gasteiger partial charge in [0.1, 0.15) is 6.10 Å². The maximum atomic E-state index is 12.7. The Morgan fingerprint density at radius 3 is 2.75 bits per heavy atom. The Kier molecular flexibility index (Phi) is 4.31. The van der Waals surface area contributed by atoms with Crippen molar-refractivity contribution in [1.82, 2.24) is 4.31 Å². The molecule has 2 aliphatic heterocycles. The first-order valence-corrected chi connectivity index (χ1v) is 9.26. The maximum Gasteiger partial charge on any atom is 0.309 e. The van der Waals surface area contributed by atoms with Crippen molar-refractivity contribution in [1.29, 1.82) is 0 Å². The summed E-state index contributed by atoms with van der Waals surface area (Å²) in [6, 6.07) is 4.83. The second kappa shape index (κ2) is 6.14. The molecule has 130 valence electrons. The number of esters is 1. The number of nitro benzene ring substituents is 1.